The fourth-order valence-electron chi connectivity index (χ4n) is 3.35. The van der Waals surface area contributed by atoms with Gasteiger partial charge in [0.05, 0.1) is 19.4 Å². The average molecular weight is 439 g/mol. The number of Topliss-reactive ketones (excluding diaryl/α,β-unsaturated/α-hetero) is 2. The molecule has 0 N–H and O–H groups in total. The summed E-state index contributed by atoms with van der Waals surface area (Å²) in [5.41, 5.74) is 0.465. The lowest BCUT2D eigenvalue weighted by Gasteiger charge is -2.38. The molecule has 8 heteroatoms. The summed E-state index contributed by atoms with van der Waals surface area (Å²) in [6.45, 7) is 15.9. The van der Waals surface area contributed by atoms with Crippen molar-refractivity contribution in [2.75, 3.05) is 40.4 Å². The molecule has 0 bridgehead atoms. The van der Waals surface area contributed by atoms with E-state index in [-0.39, 0.29) is 43.6 Å². The maximum atomic E-state index is 12.7. The van der Waals surface area contributed by atoms with Gasteiger partial charge in [-0.05, 0) is 59.4 Å². The van der Waals surface area contributed by atoms with Gasteiger partial charge in [0.2, 0.25) is 0 Å². The highest BCUT2D eigenvalue weighted by molar-refractivity contribution is 6.08. The molecule has 176 valence electrons. The summed E-state index contributed by atoms with van der Waals surface area (Å²) in [7, 11) is 3.70. The molecule has 0 aliphatic carbocycles. The lowest BCUT2D eigenvalue weighted by atomic mass is 9.95. The Bertz CT molecular complexity index is 636. The zero-order valence-corrected chi connectivity index (χ0v) is 20.0. The Morgan fingerprint density at radius 1 is 0.774 bits per heavy atom. The third-order valence-electron chi connectivity index (χ3n) is 4.83. The summed E-state index contributed by atoms with van der Waals surface area (Å²) in [6, 6.07) is 0. The zero-order chi connectivity index (χ0) is 24.3. The van der Waals surface area contributed by atoms with Crippen LogP contribution in [0.1, 0.15) is 41.0 Å². The van der Waals surface area contributed by atoms with Gasteiger partial charge in [0.15, 0.2) is 11.6 Å². The van der Waals surface area contributed by atoms with Crippen LogP contribution in [0.15, 0.2) is 24.3 Å². The highest BCUT2D eigenvalue weighted by atomic mass is 16.5. The Morgan fingerprint density at radius 3 is 1.35 bits per heavy atom. The van der Waals surface area contributed by atoms with Crippen molar-refractivity contribution in [3.63, 3.8) is 0 Å². The second kappa shape index (κ2) is 13.9. The molecule has 0 amide bonds. The van der Waals surface area contributed by atoms with Crippen molar-refractivity contribution >= 4 is 23.5 Å². The Kier molecular flexibility index (Phi) is 12.8. The van der Waals surface area contributed by atoms with Gasteiger partial charge in [-0.1, -0.05) is 20.1 Å². The highest BCUT2D eigenvalue weighted by Crippen LogP contribution is 2.19. The number of allylic oxidation sites excluding steroid dienone is 2. The quantitative estimate of drug-likeness (QED) is 0.166. The molecule has 0 aromatic carbocycles. The van der Waals surface area contributed by atoms with Crippen LogP contribution in [0.5, 0.6) is 0 Å². The van der Waals surface area contributed by atoms with Crippen molar-refractivity contribution in [2.24, 2.45) is 11.8 Å². The van der Waals surface area contributed by atoms with Crippen LogP contribution in [-0.2, 0) is 28.7 Å². The number of carbonyl (C=O) groups excluding carboxylic acids is 4. The number of hydrogen-bond acceptors (Lipinski definition) is 8. The number of rotatable bonds is 15. The summed E-state index contributed by atoms with van der Waals surface area (Å²) < 4.78 is 10.2. The predicted molar refractivity (Wildman–Crippen MR) is 119 cm³/mol. The molecule has 0 spiro atoms. The van der Waals surface area contributed by atoms with Gasteiger partial charge >= 0.3 is 11.9 Å². The molecule has 0 aromatic heterocycles. The molecule has 0 rings (SSSR count). The van der Waals surface area contributed by atoms with E-state index in [0.29, 0.717) is 6.42 Å². The summed E-state index contributed by atoms with van der Waals surface area (Å²) in [5, 5.41) is 0. The molecule has 0 aliphatic heterocycles. The molecule has 3 unspecified atom stereocenters. The maximum absolute atomic E-state index is 12.7. The fraction of sp³-hybridized carbons (Fsp3) is 0.652. The Balaban J connectivity index is 6.21. The van der Waals surface area contributed by atoms with Crippen molar-refractivity contribution in [3.8, 4) is 0 Å². The normalized spacial score (nSPS) is 14.0. The molecule has 0 fully saturated rings. The molecule has 0 heterocycles. The van der Waals surface area contributed by atoms with Gasteiger partial charge in [0, 0.05) is 13.1 Å². The van der Waals surface area contributed by atoms with E-state index in [1.54, 1.807) is 18.7 Å². The van der Waals surface area contributed by atoms with Gasteiger partial charge in [0.1, 0.15) is 11.8 Å². The molecule has 0 radical (unpaired) electrons. The molecule has 3 atom stereocenters. The first-order chi connectivity index (χ1) is 14.4. The van der Waals surface area contributed by atoms with Crippen LogP contribution >= 0.6 is 0 Å². The van der Waals surface area contributed by atoms with Gasteiger partial charge in [-0.2, -0.15) is 0 Å². The fourth-order valence-corrected chi connectivity index (χ4v) is 3.35. The number of ketones is 2. The van der Waals surface area contributed by atoms with Crippen molar-refractivity contribution < 1.29 is 28.7 Å². The first-order valence-corrected chi connectivity index (χ1v) is 10.6. The van der Waals surface area contributed by atoms with Gasteiger partial charge in [-0.3, -0.25) is 29.0 Å². The van der Waals surface area contributed by atoms with E-state index in [0.717, 1.165) is 0 Å². The van der Waals surface area contributed by atoms with Crippen LogP contribution in [0.3, 0.4) is 0 Å². The molecule has 0 saturated carbocycles. The minimum atomic E-state index is -1.12. The Morgan fingerprint density at radius 2 is 1.13 bits per heavy atom. The van der Waals surface area contributed by atoms with Gasteiger partial charge in [-0.15, -0.1) is 0 Å². The number of esters is 2. The first-order valence-electron chi connectivity index (χ1n) is 10.6. The predicted octanol–water partition coefficient (Wildman–Crippen LogP) is 2.24. The monoisotopic (exact) mass is 438 g/mol. The second-order valence-electron chi connectivity index (χ2n) is 7.70. The van der Waals surface area contributed by atoms with Gasteiger partial charge in [0.25, 0.3) is 0 Å². The summed E-state index contributed by atoms with van der Waals surface area (Å²) in [6.07, 6.45) is 0.380. The van der Waals surface area contributed by atoms with Crippen LogP contribution in [0.25, 0.3) is 0 Å². The SMILES string of the molecule is C=C(C)C(=O)C(CN(CC(C(=O)OCC)C(=O)C(=C)C)C(CC)N(C)C)C(=O)OCC. The second-order valence-corrected chi connectivity index (χ2v) is 7.70. The minimum Gasteiger partial charge on any atom is -0.465 e. The van der Waals surface area contributed by atoms with Crippen molar-refractivity contribution in [3.05, 3.63) is 24.3 Å². The summed E-state index contributed by atoms with van der Waals surface area (Å²) in [5.74, 6) is -4.42. The standard InChI is InChI=1S/C23H38N2O6/c1-10-19(24(8)9)25(13-17(20(26)15(4)5)22(28)30-11-2)14-18(21(27)16(6)7)23(29)31-12-3/h17-19H,4,6,10-14H2,1-3,5,7-9H3. The average Bonchev–Trinajstić information content (AvgIpc) is 2.68. The molecular formula is C23H38N2O6. The van der Waals surface area contributed by atoms with Crippen LogP contribution in [0.4, 0.5) is 0 Å². The minimum absolute atomic E-state index is 0.0272. The van der Waals surface area contributed by atoms with E-state index in [9.17, 15) is 19.2 Å². The van der Waals surface area contributed by atoms with E-state index in [1.807, 2.05) is 25.9 Å². The highest BCUT2D eigenvalue weighted by Gasteiger charge is 2.37. The molecule has 0 aromatic rings. The number of carbonyl (C=O) groups is 4. The lowest BCUT2D eigenvalue weighted by molar-refractivity contribution is -0.153. The van der Waals surface area contributed by atoms with E-state index in [4.69, 9.17) is 9.47 Å². The molecule has 8 nitrogen and oxygen atoms in total. The molecular weight excluding hydrogens is 400 g/mol. The largest absolute Gasteiger partial charge is 0.465 e. The summed E-state index contributed by atoms with van der Waals surface area (Å²) >= 11 is 0. The van der Waals surface area contributed by atoms with E-state index in [1.165, 1.54) is 13.8 Å². The van der Waals surface area contributed by atoms with E-state index in [2.05, 4.69) is 13.2 Å². The van der Waals surface area contributed by atoms with Crippen molar-refractivity contribution in [2.45, 2.75) is 47.2 Å². The van der Waals surface area contributed by atoms with Crippen molar-refractivity contribution in [1.29, 1.82) is 0 Å². The maximum Gasteiger partial charge on any atom is 0.318 e. The Hall–Kier alpha value is -2.32. The van der Waals surface area contributed by atoms with Crippen molar-refractivity contribution in [1.82, 2.24) is 9.80 Å². The third-order valence-corrected chi connectivity index (χ3v) is 4.83. The number of nitrogens with zero attached hydrogens (tertiary/aromatic N) is 2. The smallest absolute Gasteiger partial charge is 0.318 e. The van der Waals surface area contributed by atoms with E-state index >= 15 is 0 Å². The molecule has 0 aliphatic rings. The van der Waals surface area contributed by atoms with E-state index < -0.39 is 35.3 Å². The Labute approximate surface area is 186 Å². The van der Waals surface area contributed by atoms with Crippen LogP contribution in [-0.4, -0.2) is 79.9 Å². The van der Waals surface area contributed by atoms with Gasteiger partial charge in [-0.25, -0.2) is 0 Å². The van der Waals surface area contributed by atoms with Crippen LogP contribution < -0.4 is 0 Å². The van der Waals surface area contributed by atoms with Gasteiger partial charge < -0.3 is 9.47 Å². The number of hydrogen-bond donors (Lipinski definition) is 0. The topological polar surface area (TPSA) is 93.2 Å². The lowest BCUT2D eigenvalue weighted by Crippen LogP contribution is -2.52. The van der Waals surface area contributed by atoms with Crippen LogP contribution in [0.2, 0.25) is 0 Å². The zero-order valence-electron chi connectivity index (χ0n) is 20.0. The molecule has 31 heavy (non-hydrogen) atoms. The number of ether oxygens (including phenoxy) is 2. The summed E-state index contributed by atoms with van der Waals surface area (Å²) in [4.78, 5) is 54.3. The third kappa shape index (κ3) is 8.75. The first kappa shape index (κ1) is 28.7. The molecule has 0 saturated heterocycles. The van der Waals surface area contributed by atoms with Crippen LogP contribution in [0, 0.1) is 11.8 Å².